The minimum Gasteiger partial charge on any atom is -0.457 e. The van der Waals surface area contributed by atoms with Crippen LogP contribution in [0.5, 0.6) is 11.5 Å². The van der Waals surface area contributed by atoms with Crippen molar-refractivity contribution >= 4 is 16.9 Å². The van der Waals surface area contributed by atoms with Gasteiger partial charge in [0, 0.05) is 0 Å². The summed E-state index contributed by atoms with van der Waals surface area (Å²) in [6, 6.07) is 22.7. The van der Waals surface area contributed by atoms with Crippen molar-refractivity contribution in [1.82, 2.24) is 15.0 Å². The molecule has 28 heavy (non-hydrogen) atoms. The molecule has 0 bridgehead atoms. The van der Waals surface area contributed by atoms with Gasteiger partial charge >= 0.3 is 5.97 Å². The van der Waals surface area contributed by atoms with E-state index in [0.29, 0.717) is 28.0 Å². The number of hydrogen-bond acceptors (Lipinski definition) is 6. The molecule has 138 valence electrons. The minimum absolute atomic E-state index is 0.322. The van der Waals surface area contributed by atoms with Crippen molar-refractivity contribution in [3.63, 3.8) is 0 Å². The van der Waals surface area contributed by atoms with E-state index in [-0.39, 0.29) is 12.3 Å². The van der Waals surface area contributed by atoms with Gasteiger partial charge in [0.15, 0.2) is 6.73 Å². The van der Waals surface area contributed by atoms with E-state index in [0.717, 1.165) is 4.68 Å². The highest BCUT2D eigenvalue weighted by Crippen LogP contribution is 2.21. The highest BCUT2D eigenvalue weighted by molar-refractivity contribution is 5.89. The van der Waals surface area contributed by atoms with E-state index in [1.165, 1.54) is 0 Å². The topological polar surface area (TPSA) is 83.3 Å². The highest BCUT2D eigenvalue weighted by atomic mass is 16.5. The number of ether oxygens (including phenoxy) is 2. The molecule has 0 atom stereocenters. The number of carbonyl (C=O) groups excluding carboxylic acids is 1. The SMILES string of the molecule is O=C(OCn1nnc2ccccc2c1=O)c1ccc(Oc2ccccc2)cc1. The molecular weight excluding hydrogens is 358 g/mol. The fourth-order valence-corrected chi connectivity index (χ4v) is 2.59. The maximum Gasteiger partial charge on any atom is 0.339 e. The van der Waals surface area contributed by atoms with Gasteiger partial charge in [0.25, 0.3) is 5.56 Å². The van der Waals surface area contributed by atoms with Crippen molar-refractivity contribution in [2.45, 2.75) is 6.73 Å². The summed E-state index contributed by atoms with van der Waals surface area (Å²) < 4.78 is 11.9. The van der Waals surface area contributed by atoms with Crippen LogP contribution in [-0.2, 0) is 11.5 Å². The zero-order valence-electron chi connectivity index (χ0n) is 14.7. The Morgan fingerprint density at radius 3 is 2.32 bits per heavy atom. The number of esters is 1. The number of rotatable bonds is 5. The summed E-state index contributed by atoms with van der Waals surface area (Å²) in [5.41, 5.74) is 0.455. The Balaban J connectivity index is 1.43. The van der Waals surface area contributed by atoms with Gasteiger partial charge in [0.05, 0.1) is 10.9 Å². The first-order valence-electron chi connectivity index (χ1n) is 8.53. The van der Waals surface area contributed by atoms with E-state index in [1.807, 2.05) is 30.3 Å². The van der Waals surface area contributed by atoms with Gasteiger partial charge in [0.1, 0.15) is 17.0 Å². The predicted molar refractivity (Wildman–Crippen MR) is 102 cm³/mol. The van der Waals surface area contributed by atoms with Crippen molar-refractivity contribution in [3.8, 4) is 11.5 Å². The van der Waals surface area contributed by atoms with Crippen molar-refractivity contribution in [1.29, 1.82) is 0 Å². The number of nitrogens with zero attached hydrogens (tertiary/aromatic N) is 3. The lowest BCUT2D eigenvalue weighted by Gasteiger charge is -2.08. The molecule has 3 aromatic carbocycles. The molecule has 7 heteroatoms. The first kappa shape index (κ1) is 17.4. The first-order valence-corrected chi connectivity index (χ1v) is 8.53. The number of aromatic nitrogens is 3. The van der Waals surface area contributed by atoms with E-state index in [1.54, 1.807) is 48.5 Å². The van der Waals surface area contributed by atoms with Gasteiger partial charge in [-0.2, -0.15) is 4.68 Å². The number of hydrogen-bond donors (Lipinski definition) is 0. The Bertz CT molecular complexity index is 1170. The summed E-state index contributed by atoms with van der Waals surface area (Å²) in [6.07, 6.45) is 0. The molecule has 0 radical (unpaired) electrons. The first-order chi connectivity index (χ1) is 13.7. The fourth-order valence-electron chi connectivity index (χ4n) is 2.59. The van der Waals surface area contributed by atoms with E-state index in [4.69, 9.17) is 9.47 Å². The summed E-state index contributed by atoms with van der Waals surface area (Å²) in [7, 11) is 0. The Labute approximate surface area is 159 Å². The van der Waals surface area contributed by atoms with Crippen LogP contribution in [-0.4, -0.2) is 21.0 Å². The van der Waals surface area contributed by atoms with Crippen molar-refractivity contribution in [2.24, 2.45) is 0 Å². The third kappa shape index (κ3) is 3.73. The molecule has 0 fully saturated rings. The third-order valence-corrected chi connectivity index (χ3v) is 4.02. The van der Waals surface area contributed by atoms with E-state index in [2.05, 4.69) is 10.3 Å². The zero-order valence-corrected chi connectivity index (χ0v) is 14.7. The minimum atomic E-state index is -0.576. The van der Waals surface area contributed by atoms with Gasteiger partial charge in [-0.15, -0.1) is 5.10 Å². The number of fused-ring (bicyclic) bond motifs is 1. The number of benzene rings is 3. The van der Waals surface area contributed by atoms with E-state index >= 15 is 0 Å². The van der Waals surface area contributed by atoms with Crippen molar-refractivity contribution < 1.29 is 14.3 Å². The van der Waals surface area contributed by atoms with Crippen molar-refractivity contribution in [3.05, 3.63) is 94.8 Å². The van der Waals surface area contributed by atoms with Crippen LogP contribution in [0.25, 0.3) is 10.9 Å². The Kier molecular flexibility index (Phi) is 4.79. The average Bonchev–Trinajstić information content (AvgIpc) is 2.74. The number of para-hydroxylation sites is 1. The quantitative estimate of drug-likeness (QED) is 0.499. The van der Waals surface area contributed by atoms with Gasteiger partial charge in [-0.3, -0.25) is 4.79 Å². The standard InChI is InChI=1S/C21H15N3O4/c25-20-18-8-4-5-9-19(18)22-23-24(20)14-27-21(26)15-10-12-17(13-11-15)28-16-6-2-1-3-7-16/h1-13H,14H2. The molecule has 4 rings (SSSR count). The lowest BCUT2D eigenvalue weighted by molar-refractivity contribution is 0.0336. The van der Waals surface area contributed by atoms with Crippen LogP contribution < -0.4 is 10.3 Å². The molecule has 0 aliphatic rings. The lowest BCUT2D eigenvalue weighted by Crippen LogP contribution is -2.26. The molecular formula is C21H15N3O4. The maximum atomic E-state index is 12.3. The normalized spacial score (nSPS) is 10.6. The van der Waals surface area contributed by atoms with Crippen LogP contribution in [0.15, 0.2) is 83.7 Å². The summed E-state index contributed by atoms with van der Waals surface area (Å²) in [5.74, 6) is 0.722. The van der Waals surface area contributed by atoms with Crippen LogP contribution in [0.1, 0.15) is 10.4 Å². The maximum absolute atomic E-state index is 12.3. The smallest absolute Gasteiger partial charge is 0.339 e. The highest BCUT2D eigenvalue weighted by Gasteiger charge is 2.10. The second-order valence-corrected chi connectivity index (χ2v) is 5.91. The molecule has 0 spiro atoms. The van der Waals surface area contributed by atoms with Crippen LogP contribution in [0.4, 0.5) is 0 Å². The largest absolute Gasteiger partial charge is 0.457 e. The molecule has 4 aromatic rings. The molecule has 0 saturated heterocycles. The second-order valence-electron chi connectivity index (χ2n) is 5.91. The molecule has 0 amide bonds. The van der Waals surface area contributed by atoms with Crippen LogP contribution in [0.3, 0.4) is 0 Å². The summed E-state index contributed by atoms with van der Waals surface area (Å²) >= 11 is 0. The Hall–Kier alpha value is -4.00. The summed E-state index contributed by atoms with van der Waals surface area (Å²) in [6.45, 7) is -0.322. The summed E-state index contributed by atoms with van der Waals surface area (Å²) in [4.78, 5) is 24.6. The molecule has 1 aromatic heterocycles. The lowest BCUT2D eigenvalue weighted by atomic mass is 10.2. The summed E-state index contributed by atoms with van der Waals surface area (Å²) in [5, 5.41) is 8.15. The van der Waals surface area contributed by atoms with Crippen molar-refractivity contribution in [2.75, 3.05) is 0 Å². The molecule has 0 aliphatic heterocycles. The predicted octanol–water partition coefficient (Wildman–Crippen LogP) is 3.40. The van der Waals surface area contributed by atoms with Gasteiger partial charge in [-0.05, 0) is 48.5 Å². The monoisotopic (exact) mass is 373 g/mol. The molecule has 0 saturated carbocycles. The molecule has 7 nitrogen and oxygen atoms in total. The van der Waals surface area contributed by atoms with E-state index < -0.39 is 5.97 Å². The third-order valence-electron chi connectivity index (χ3n) is 4.02. The Morgan fingerprint density at radius 1 is 0.857 bits per heavy atom. The Morgan fingerprint density at radius 2 is 1.54 bits per heavy atom. The molecule has 1 heterocycles. The molecule has 0 N–H and O–H groups in total. The fraction of sp³-hybridized carbons (Fsp3) is 0.0476. The average molecular weight is 373 g/mol. The molecule has 0 unspecified atom stereocenters. The van der Waals surface area contributed by atoms with Gasteiger partial charge in [0.2, 0.25) is 0 Å². The van der Waals surface area contributed by atoms with Gasteiger partial charge in [-0.25, -0.2) is 4.79 Å². The molecule has 0 aliphatic carbocycles. The van der Waals surface area contributed by atoms with Crippen LogP contribution in [0.2, 0.25) is 0 Å². The van der Waals surface area contributed by atoms with Gasteiger partial charge < -0.3 is 9.47 Å². The van der Waals surface area contributed by atoms with E-state index in [9.17, 15) is 9.59 Å². The van der Waals surface area contributed by atoms with Crippen LogP contribution >= 0.6 is 0 Å². The number of carbonyl (C=O) groups is 1. The zero-order chi connectivity index (χ0) is 19.3. The van der Waals surface area contributed by atoms with Gasteiger partial charge in [-0.1, -0.05) is 35.5 Å². The van der Waals surface area contributed by atoms with Crippen LogP contribution in [0, 0.1) is 0 Å². The second kappa shape index (κ2) is 7.71.